The molecule has 0 amide bonds. The van der Waals surface area contributed by atoms with E-state index < -0.39 is 0 Å². The van der Waals surface area contributed by atoms with Gasteiger partial charge in [0.2, 0.25) is 0 Å². The van der Waals surface area contributed by atoms with E-state index in [1.54, 1.807) is 0 Å². The molecule has 1 N–H and O–H groups in total. The average Bonchev–Trinajstić information content (AvgIpc) is 2.38. The van der Waals surface area contributed by atoms with Gasteiger partial charge in [0.25, 0.3) is 0 Å². The fourth-order valence-electron chi connectivity index (χ4n) is 2.46. The summed E-state index contributed by atoms with van der Waals surface area (Å²) in [6, 6.07) is 8.21. The number of fused-ring (bicyclic) bond motifs is 1. The molecule has 0 saturated carbocycles. The molecule has 2 nitrogen and oxygen atoms in total. The second kappa shape index (κ2) is 5.54. The maximum absolute atomic E-state index is 10.2. The quantitative estimate of drug-likeness (QED) is 0.865. The Morgan fingerprint density at radius 3 is 2.94 bits per heavy atom. The van der Waals surface area contributed by atoms with Gasteiger partial charge in [0.1, 0.15) is 5.75 Å². The summed E-state index contributed by atoms with van der Waals surface area (Å²) in [5.74, 6) is 1.83. The number of aliphatic hydroxyl groups excluding tert-OH is 1. The molecule has 2 heteroatoms. The maximum Gasteiger partial charge on any atom is 0.122 e. The first-order chi connectivity index (χ1) is 8.22. The van der Waals surface area contributed by atoms with Crippen LogP contribution in [0.3, 0.4) is 0 Å². The van der Waals surface area contributed by atoms with E-state index in [2.05, 4.69) is 26.0 Å². The number of aliphatic hydroxyl groups is 1. The summed E-state index contributed by atoms with van der Waals surface area (Å²) < 4.78 is 5.64. The molecule has 0 fully saturated rings. The van der Waals surface area contributed by atoms with Crippen LogP contribution in [0, 0.1) is 5.92 Å². The fraction of sp³-hybridized carbons (Fsp3) is 0.600. The van der Waals surface area contributed by atoms with Crippen LogP contribution in [0.4, 0.5) is 0 Å². The van der Waals surface area contributed by atoms with Gasteiger partial charge in [-0.25, -0.2) is 0 Å². The number of benzene rings is 1. The molecule has 1 aromatic carbocycles. The van der Waals surface area contributed by atoms with E-state index >= 15 is 0 Å². The minimum Gasteiger partial charge on any atom is -0.493 e. The highest BCUT2D eigenvalue weighted by Crippen LogP contribution is 2.37. The standard InChI is InChI=1S/C15H22O2/c1-3-11(2)14(16)10-12-8-9-17-15-7-5-4-6-13(12)15/h4-7,11-12,14,16H,3,8-10H2,1-2H3. The summed E-state index contributed by atoms with van der Waals surface area (Å²) in [7, 11) is 0. The molecule has 1 aliphatic heterocycles. The van der Waals surface area contributed by atoms with Crippen LogP contribution in [0.5, 0.6) is 5.75 Å². The van der Waals surface area contributed by atoms with E-state index in [1.165, 1.54) is 5.56 Å². The van der Waals surface area contributed by atoms with Gasteiger partial charge >= 0.3 is 0 Å². The van der Waals surface area contributed by atoms with Gasteiger partial charge in [-0.15, -0.1) is 0 Å². The SMILES string of the molecule is CCC(C)C(O)CC1CCOc2ccccc21. The normalized spacial score (nSPS) is 22.4. The Morgan fingerprint density at radius 1 is 1.41 bits per heavy atom. The molecule has 0 aromatic heterocycles. The van der Waals surface area contributed by atoms with Gasteiger partial charge in [0, 0.05) is 0 Å². The second-order valence-electron chi connectivity index (χ2n) is 5.06. The Kier molecular flexibility index (Phi) is 4.06. The van der Waals surface area contributed by atoms with Gasteiger partial charge in [0.05, 0.1) is 12.7 Å². The number of hydrogen-bond acceptors (Lipinski definition) is 2. The third kappa shape index (κ3) is 2.81. The van der Waals surface area contributed by atoms with E-state index in [1.807, 2.05) is 12.1 Å². The Bertz CT molecular complexity index is 362. The zero-order chi connectivity index (χ0) is 12.3. The van der Waals surface area contributed by atoms with E-state index in [-0.39, 0.29) is 6.10 Å². The zero-order valence-corrected chi connectivity index (χ0v) is 10.7. The van der Waals surface area contributed by atoms with Gasteiger partial charge < -0.3 is 9.84 Å². The van der Waals surface area contributed by atoms with Crippen molar-refractivity contribution in [2.24, 2.45) is 5.92 Å². The molecule has 17 heavy (non-hydrogen) atoms. The van der Waals surface area contributed by atoms with Crippen molar-refractivity contribution in [2.45, 2.75) is 45.1 Å². The summed E-state index contributed by atoms with van der Waals surface area (Å²) in [6.45, 7) is 5.02. The van der Waals surface area contributed by atoms with Crippen LogP contribution in [-0.4, -0.2) is 17.8 Å². The van der Waals surface area contributed by atoms with Crippen molar-refractivity contribution in [3.05, 3.63) is 29.8 Å². The van der Waals surface area contributed by atoms with Crippen LogP contribution in [0.1, 0.15) is 44.6 Å². The summed E-state index contributed by atoms with van der Waals surface area (Å²) in [6.07, 6.45) is 2.71. The highest BCUT2D eigenvalue weighted by atomic mass is 16.5. The first kappa shape index (κ1) is 12.4. The number of rotatable bonds is 4. The molecule has 1 heterocycles. The van der Waals surface area contributed by atoms with Crippen LogP contribution in [0.15, 0.2) is 24.3 Å². The Hall–Kier alpha value is -1.02. The van der Waals surface area contributed by atoms with Gasteiger partial charge in [-0.2, -0.15) is 0 Å². The summed E-state index contributed by atoms with van der Waals surface area (Å²) >= 11 is 0. The molecule has 0 radical (unpaired) electrons. The second-order valence-corrected chi connectivity index (χ2v) is 5.06. The molecule has 1 aromatic rings. The minimum atomic E-state index is -0.198. The van der Waals surface area contributed by atoms with E-state index in [0.717, 1.165) is 31.6 Å². The van der Waals surface area contributed by atoms with Crippen LogP contribution in [0.2, 0.25) is 0 Å². The predicted octanol–water partition coefficient (Wildman–Crippen LogP) is 3.35. The number of para-hydroxylation sites is 1. The van der Waals surface area contributed by atoms with Crippen molar-refractivity contribution in [1.82, 2.24) is 0 Å². The average molecular weight is 234 g/mol. The molecule has 94 valence electrons. The Morgan fingerprint density at radius 2 is 2.18 bits per heavy atom. The van der Waals surface area contributed by atoms with Crippen LogP contribution in [0.25, 0.3) is 0 Å². The number of hydrogen-bond donors (Lipinski definition) is 1. The topological polar surface area (TPSA) is 29.5 Å². The molecule has 3 unspecified atom stereocenters. The third-order valence-corrected chi connectivity index (χ3v) is 3.91. The fourth-order valence-corrected chi connectivity index (χ4v) is 2.46. The van der Waals surface area contributed by atoms with Gasteiger partial charge in [-0.05, 0) is 36.3 Å². The third-order valence-electron chi connectivity index (χ3n) is 3.91. The predicted molar refractivity (Wildman–Crippen MR) is 69.4 cm³/mol. The van der Waals surface area contributed by atoms with Gasteiger partial charge in [0.15, 0.2) is 0 Å². The van der Waals surface area contributed by atoms with E-state index in [0.29, 0.717) is 11.8 Å². The van der Waals surface area contributed by atoms with Crippen molar-refractivity contribution in [3.63, 3.8) is 0 Å². The minimum absolute atomic E-state index is 0.198. The summed E-state index contributed by atoms with van der Waals surface area (Å²) in [4.78, 5) is 0. The molecular weight excluding hydrogens is 212 g/mol. The lowest BCUT2D eigenvalue weighted by Gasteiger charge is -2.29. The molecule has 2 rings (SSSR count). The first-order valence-corrected chi connectivity index (χ1v) is 6.62. The largest absolute Gasteiger partial charge is 0.493 e. The van der Waals surface area contributed by atoms with Crippen LogP contribution >= 0.6 is 0 Å². The lowest BCUT2D eigenvalue weighted by atomic mass is 9.85. The number of ether oxygens (including phenoxy) is 1. The highest BCUT2D eigenvalue weighted by Gasteiger charge is 2.25. The van der Waals surface area contributed by atoms with Crippen LogP contribution < -0.4 is 4.74 Å². The lowest BCUT2D eigenvalue weighted by Crippen LogP contribution is -2.23. The Labute approximate surface area is 104 Å². The van der Waals surface area contributed by atoms with Gasteiger partial charge in [-0.1, -0.05) is 38.5 Å². The highest BCUT2D eigenvalue weighted by molar-refractivity contribution is 5.37. The molecule has 3 atom stereocenters. The summed E-state index contributed by atoms with van der Waals surface area (Å²) in [5.41, 5.74) is 1.26. The maximum atomic E-state index is 10.2. The van der Waals surface area contributed by atoms with Crippen molar-refractivity contribution in [1.29, 1.82) is 0 Å². The van der Waals surface area contributed by atoms with E-state index in [9.17, 15) is 5.11 Å². The molecule has 0 saturated heterocycles. The zero-order valence-electron chi connectivity index (χ0n) is 10.7. The van der Waals surface area contributed by atoms with Crippen molar-refractivity contribution < 1.29 is 9.84 Å². The lowest BCUT2D eigenvalue weighted by molar-refractivity contribution is 0.0913. The van der Waals surface area contributed by atoms with Crippen molar-refractivity contribution >= 4 is 0 Å². The van der Waals surface area contributed by atoms with Crippen molar-refractivity contribution in [2.75, 3.05) is 6.61 Å². The molecule has 0 aliphatic carbocycles. The van der Waals surface area contributed by atoms with E-state index in [4.69, 9.17) is 4.74 Å². The van der Waals surface area contributed by atoms with Crippen molar-refractivity contribution in [3.8, 4) is 5.75 Å². The smallest absolute Gasteiger partial charge is 0.122 e. The molecular formula is C15H22O2. The Balaban J connectivity index is 2.08. The molecule has 0 spiro atoms. The monoisotopic (exact) mass is 234 g/mol. The summed E-state index contributed by atoms with van der Waals surface area (Å²) in [5, 5.41) is 10.2. The van der Waals surface area contributed by atoms with Crippen LogP contribution in [-0.2, 0) is 0 Å². The van der Waals surface area contributed by atoms with Gasteiger partial charge in [-0.3, -0.25) is 0 Å². The molecule has 0 bridgehead atoms. The molecule has 1 aliphatic rings. The first-order valence-electron chi connectivity index (χ1n) is 6.62.